The van der Waals surface area contributed by atoms with Crippen molar-refractivity contribution in [2.24, 2.45) is 5.92 Å². The number of ether oxygens (including phenoxy) is 1. The van der Waals surface area contributed by atoms with Gasteiger partial charge in [-0.1, -0.05) is 12.1 Å². The molecule has 1 aliphatic heterocycles. The highest BCUT2D eigenvalue weighted by molar-refractivity contribution is 5.31. The predicted octanol–water partition coefficient (Wildman–Crippen LogP) is 3.12. The van der Waals surface area contributed by atoms with E-state index in [9.17, 15) is 0 Å². The zero-order valence-corrected chi connectivity index (χ0v) is 15.1. The van der Waals surface area contributed by atoms with E-state index in [2.05, 4.69) is 39.6 Å². The summed E-state index contributed by atoms with van der Waals surface area (Å²) in [7, 11) is 1.72. The lowest BCUT2D eigenvalue weighted by molar-refractivity contribution is 0.147. The van der Waals surface area contributed by atoms with Crippen molar-refractivity contribution < 1.29 is 4.74 Å². The minimum atomic E-state index is 0.565. The van der Waals surface area contributed by atoms with Gasteiger partial charge in [0.15, 0.2) is 0 Å². The summed E-state index contributed by atoms with van der Waals surface area (Å²) < 4.78 is 7.58. The van der Waals surface area contributed by atoms with Crippen molar-refractivity contribution in [2.45, 2.75) is 39.5 Å². The van der Waals surface area contributed by atoms with E-state index in [-0.39, 0.29) is 0 Å². The molecule has 1 aromatic carbocycles. The van der Waals surface area contributed by atoms with Gasteiger partial charge in [-0.2, -0.15) is 5.26 Å². The zero-order valence-electron chi connectivity index (χ0n) is 15.1. The van der Waals surface area contributed by atoms with Crippen molar-refractivity contribution in [2.75, 3.05) is 20.2 Å². The van der Waals surface area contributed by atoms with Crippen LogP contribution < -0.4 is 0 Å². The number of aryl methyl sites for hydroxylation is 1. The predicted molar refractivity (Wildman–Crippen MR) is 96.8 cm³/mol. The van der Waals surface area contributed by atoms with Crippen LogP contribution in [0.3, 0.4) is 0 Å². The summed E-state index contributed by atoms with van der Waals surface area (Å²) in [5.41, 5.74) is 3.20. The molecular formula is C20H26N4O. The van der Waals surface area contributed by atoms with Crippen molar-refractivity contribution >= 4 is 0 Å². The van der Waals surface area contributed by atoms with Crippen LogP contribution in [0.15, 0.2) is 30.5 Å². The molecule has 1 saturated heterocycles. The number of benzene rings is 1. The fourth-order valence-electron chi connectivity index (χ4n) is 3.65. The first-order valence-corrected chi connectivity index (χ1v) is 8.91. The Morgan fingerprint density at radius 3 is 2.84 bits per heavy atom. The van der Waals surface area contributed by atoms with E-state index in [1.165, 1.54) is 24.1 Å². The number of methoxy groups -OCH3 is 1. The maximum Gasteiger partial charge on any atom is 0.134 e. The van der Waals surface area contributed by atoms with Crippen molar-refractivity contribution in [3.63, 3.8) is 0 Å². The number of piperidine rings is 1. The van der Waals surface area contributed by atoms with Crippen LogP contribution in [0.4, 0.5) is 0 Å². The van der Waals surface area contributed by atoms with Crippen molar-refractivity contribution in [3.8, 4) is 6.07 Å². The van der Waals surface area contributed by atoms with E-state index in [4.69, 9.17) is 10.00 Å². The molecule has 0 saturated carbocycles. The molecule has 3 rings (SSSR count). The van der Waals surface area contributed by atoms with Crippen LogP contribution in [0.5, 0.6) is 0 Å². The van der Waals surface area contributed by atoms with E-state index in [1.807, 2.05) is 18.3 Å². The fraction of sp³-hybridized carbons (Fsp3) is 0.500. The minimum Gasteiger partial charge on any atom is -0.377 e. The third-order valence-corrected chi connectivity index (χ3v) is 4.94. The summed E-state index contributed by atoms with van der Waals surface area (Å²) in [5.74, 6) is 1.65. The standard InChI is InChI=1S/C20H26N4O/c1-16-11-22-20(15-25-2)24(16)14-19-4-3-9-23(13-19)12-18-7-5-17(10-21)6-8-18/h5-8,11,19H,3-4,9,12-15H2,1-2H3. The average molecular weight is 338 g/mol. The molecule has 1 fully saturated rings. The molecule has 1 aromatic heterocycles. The molecule has 0 radical (unpaired) electrons. The quantitative estimate of drug-likeness (QED) is 0.812. The van der Waals surface area contributed by atoms with Crippen LogP contribution >= 0.6 is 0 Å². The molecule has 0 spiro atoms. The second kappa shape index (κ2) is 8.28. The Bertz CT molecular complexity index is 729. The second-order valence-corrected chi connectivity index (χ2v) is 6.91. The van der Waals surface area contributed by atoms with Crippen molar-refractivity contribution in [1.29, 1.82) is 5.26 Å². The van der Waals surface area contributed by atoms with Gasteiger partial charge in [0.2, 0.25) is 0 Å². The van der Waals surface area contributed by atoms with Crippen LogP contribution in [0.25, 0.3) is 0 Å². The number of nitrogens with zero attached hydrogens (tertiary/aromatic N) is 4. The molecule has 5 nitrogen and oxygen atoms in total. The first-order valence-electron chi connectivity index (χ1n) is 8.91. The van der Waals surface area contributed by atoms with Gasteiger partial charge in [-0.05, 0) is 49.9 Å². The Hall–Kier alpha value is -2.16. The van der Waals surface area contributed by atoms with Crippen LogP contribution in [-0.2, 0) is 24.4 Å². The lowest BCUT2D eigenvalue weighted by Gasteiger charge is -2.33. The molecule has 1 atom stereocenters. The van der Waals surface area contributed by atoms with E-state index < -0.39 is 0 Å². The van der Waals surface area contributed by atoms with Gasteiger partial charge in [0, 0.05) is 38.6 Å². The first-order chi connectivity index (χ1) is 12.2. The topological polar surface area (TPSA) is 54.1 Å². The Kier molecular flexibility index (Phi) is 5.85. The maximum absolute atomic E-state index is 8.91. The lowest BCUT2D eigenvalue weighted by Crippen LogP contribution is -2.36. The van der Waals surface area contributed by atoms with Gasteiger partial charge < -0.3 is 9.30 Å². The Morgan fingerprint density at radius 2 is 2.12 bits per heavy atom. The van der Waals surface area contributed by atoms with Gasteiger partial charge >= 0.3 is 0 Å². The summed E-state index contributed by atoms with van der Waals surface area (Å²) in [6, 6.07) is 10.1. The van der Waals surface area contributed by atoms with Crippen LogP contribution in [0, 0.1) is 24.2 Å². The van der Waals surface area contributed by atoms with Gasteiger partial charge in [-0.25, -0.2) is 4.98 Å². The van der Waals surface area contributed by atoms with Gasteiger partial charge in [0.1, 0.15) is 12.4 Å². The molecule has 132 valence electrons. The van der Waals surface area contributed by atoms with Gasteiger partial charge in [0.05, 0.1) is 11.6 Å². The highest BCUT2D eigenvalue weighted by atomic mass is 16.5. The number of likely N-dealkylation sites (tertiary alicyclic amines) is 1. The molecular weight excluding hydrogens is 312 g/mol. The summed E-state index contributed by atoms with van der Waals surface area (Å²) in [5, 5.41) is 8.91. The summed E-state index contributed by atoms with van der Waals surface area (Å²) in [6.45, 7) is 6.89. The smallest absolute Gasteiger partial charge is 0.134 e. The van der Waals surface area contributed by atoms with Crippen molar-refractivity contribution in [1.82, 2.24) is 14.5 Å². The summed E-state index contributed by atoms with van der Waals surface area (Å²) in [6.07, 6.45) is 4.42. The molecule has 0 N–H and O–H groups in total. The highest BCUT2D eigenvalue weighted by Gasteiger charge is 2.22. The Morgan fingerprint density at radius 1 is 1.32 bits per heavy atom. The number of nitriles is 1. The number of aromatic nitrogens is 2. The molecule has 2 heterocycles. The third kappa shape index (κ3) is 4.47. The van der Waals surface area contributed by atoms with Gasteiger partial charge in [-0.3, -0.25) is 4.90 Å². The Labute approximate surface area is 149 Å². The van der Waals surface area contributed by atoms with Gasteiger partial charge in [-0.15, -0.1) is 0 Å². The van der Waals surface area contributed by atoms with Crippen LogP contribution in [0.2, 0.25) is 0 Å². The molecule has 2 aromatic rings. The minimum absolute atomic E-state index is 0.565. The van der Waals surface area contributed by atoms with Crippen LogP contribution in [0.1, 0.15) is 35.5 Å². The maximum atomic E-state index is 8.91. The van der Waals surface area contributed by atoms with Gasteiger partial charge in [0.25, 0.3) is 0 Å². The monoisotopic (exact) mass is 338 g/mol. The molecule has 1 aliphatic rings. The van der Waals surface area contributed by atoms with E-state index >= 15 is 0 Å². The highest BCUT2D eigenvalue weighted by Crippen LogP contribution is 2.22. The normalized spacial score (nSPS) is 18.2. The lowest BCUT2D eigenvalue weighted by atomic mass is 9.97. The number of hydrogen-bond donors (Lipinski definition) is 0. The third-order valence-electron chi connectivity index (χ3n) is 4.94. The van der Waals surface area contributed by atoms with E-state index in [1.54, 1.807) is 7.11 Å². The van der Waals surface area contributed by atoms with Crippen molar-refractivity contribution in [3.05, 3.63) is 53.1 Å². The summed E-state index contributed by atoms with van der Waals surface area (Å²) >= 11 is 0. The van der Waals surface area contributed by atoms with E-state index in [0.717, 1.165) is 37.6 Å². The molecule has 0 aliphatic carbocycles. The van der Waals surface area contributed by atoms with Crippen LogP contribution in [-0.4, -0.2) is 34.7 Å². The number of imidazole rings is 1. The fourth-order valence-corrected chi connectivity index (χ4v) is 3.65. The molecule has 0 amide bonds. The molecule has 25 heavy (non-hydrogen) atoms. The zero-order chi connectivity index (χ0) is 17.6. The SMILES string of the molecule is COCc1ncc(C)n1CC1CCCN(Cc2ccc(C#N)cc2)C1. The molecule has 1 unspecified atom stereocenters. The number of hydrogen-bond acceptors (Lipinski definition) is 4. The molecule has 0 bridgehead atoms. The average Bonchev–Trinajstić information content (AvgIpc) is 2.96. The Balaban J connectivity index is 1.61. The molecule has 5 heteroatoms. The van der Waals surface area contributed by atoms with E-state index in [0.29, 0.717) is 12.5 Å². The number of rotatable bonds is 6. The summed E-state index contributed by atoms with van der Waals surface area (Å²) in [4.78, 5) is 7.00. The second-order valence-electron chi connectivity index (χ2n) is 6.91. The first kappa shape index (κ1) is 17.7. The largest absolute Gasteiger partial charge is 0.377 e.